The van der Waals surface area contributed by atoms with E-state index in [1.54, 1.807) is 0 Å². The fourth-order valence-corrected chi connectivity index (χ4v) is 3.59. The second-order valence-electron chi connectivity index (χ2n) is 4.59. The van der Waals surface area contributed by atoms with Gasteiger partial charge in [-0.25, -0.2) is 8.42 Å². The van der Waals surface area contributed by atoms with Crippen molar-refractivity contribution in [1.29, 1.82) is 0 Å². The maximum Gasteiger partial charge on any atom is 0.416 e. The molecule has 0 amide bonds. The van der Waals surface area contributed by atoms with Gasteiger partial charge < -0.3 is 0 Å². The van der Waals surface area contributed by atoms with Gasteiger partial charge in [0.1, 0.15) is 0 Å². The first kappa shape index (κ1) is 18.1. The lowest BCUT2D eigenvalue weighted by Crippen LogP contribution is -2.27. The molecule has 0 aliphatic rings. The SMILES string of the molecule is CN(c1cc(C(F)(F)F)ccc1Cl)S(=O)(=O)c1ccc(Br)cc1. The number of nitrogens with zero attached hydrogens (tertiary/aromatic N) is 1. The van der Waals surface area contributed by atoms with Gasteiger partial charge in [-0.3, -0.25) is 4.31 Å². The van der Waals surface area contributed by atoms with Crippen LogP contribution in [0, 0.1) is 0 Å². The first-order valence-electron chi connectivity index (χ1n) is 6.15. The van der Waals surface area contributed by atoms with E-state index in [0.29, 0.717) is 10.5 Å². The summed E-state index contributed by atoms with van der Waals surface area (Å²) in [7, 11) is -2.88. The molecule has 0 unspecified atom stereocenters. The van der Waals surface area contributed by atoms with E-state index in [1.165, 1.54) is 24.3 Å². The minimum atomic E-state index is -4.60. The van der Waals surface area contributed by atoms with Crippen molar-refractivity contribution >= 4 is 43.2 Å². The van der Waals surface area contributed by atoms with Crippen molar-refractivity contribution in [2.45, 2.75) is 11.1 Å². The highest BCUT2D eigenvalue weighted by molar-refractivity contribution is 9.10. The molecule has 0 radical (unpaired) electrons. The first-order chi connectivity index (χ1) is 10.5. The Hall–Kier alpha value is -1.25. The van der Waals surface area contributed by atoms with Gasteiger partial charge in [0.25, 0.3) is 10.0 Å². The molecule has 0 fully saturated rings. The third-order valence-electron chi connectivity index (χ3n) is 3.08. The zero-order chi connectivity index (χ0) is 17.4. The van der Waals surface area contributed by atoms with Crippen LogP contribution < -0.4 is 4.31 Å². The highest BCUT2D eigenvalue weighted by Crippen LogP contribution is 2.36. The molecule has 124 valence electrons. The predicted octanol–water partition coefficient (Wildman–Crippen LogP) is 4.95. The van der Waals surface area contributed by atoms with Crippen molar-refractivity contribution in [1.82, 2.24) is 0 Å². The van der Waals surface area contributed by atoms with Crippen molar-refractivity contribution in [2.24, 2.45) is 0 Å². The van der Waals surface area contributed by atoms with E-state index in [2.05, 4.69) is 15.9 Å². The van der Waals surface area contributed by atoms with Crippen LogP contribution in [0.15, 0.2) is 51.8 Å². The van der Waals surface area contributed by atoms with E-state index >= 15 is 0 Å². The Labute approximate surface area is 144 Å². The summed E-state index contributed by atoms with van der Waals surface area (Å²) < 4.78 is 64.9. The van der Waals surface area contributed by atoms with Crippen molar-refractivity contribution in [3.05, 3.63) is 57.5 Å². The van der Waals surface area contributed by atoms with Gasteiger partial charge in [-0.1, -0.05) is 27.5 Å². The van der Waals surface area contributed by atoms with Gasteiger partial charge in [-0.05, 0) is 42.5 Å². The number of rotatable bonds is 3. The van der Waals surface area contributed by atoms with Crippen LogP contribution in [0.5, 0.6) is 0 Å². The Morgan fingerprint density at radius 2 is 1.65 bits per heavy atom. The number of benzene rings is 2. The minimum Gasteiger partial charge on any atom is -0.268 e. The molecule has 0 heterocycles. The average molecular weight is 429 g/mol. The fourth-order valence-electron chi connectivity index (χ4n) is 1.82. The predicted molar refractivity (Wildman–Crippen MR) is 86.2 cm³/mol. The molecule has 0 bridgehead atoms. The van der Waals surface area contributed by atoms with Crippen molar-refractivity contribution in [2.75, 3.05) is 11.4 Å². The van der Waals surface area contributed by atoms with E-state index < -0.39 is 21.8 Å². The number of anilines is 1. The van der Waals surface area contributed by atoms with Gasteiger partial charge in [-0.2, -0.15) is 13.2 Å². The molecule has 0 aliphatic carbocycles. The highest BCUT2D eigenvalue weighted by atomic mass is 79.9. The Kier molecular flexibility index (Phi) is 4.98. The molecular formula is C14H10BrClF3NO2S. The van der Waals surface area contributed by atoms with E-state index in [1.807, 2.05) is 0 Å². The smallest absolute Gasteiger partial charge is 0.268 e. The summed E-state index contributed by atoms with van der Waals surface area (Å²) in [5, 5.41) is -0.0961. The largest absolute Gasteiger partial charge is 0.416 e. The third-order valence-corrected chi connectivity index (χ3v) is 5.72. The summed E-state index contributed by atoms with van der Waals surface area (Å²) in [6.45, 7) is 0. The van der Waals surface area contributed by atoms with Crippen LogP contribution in [0.2, 0.25) is 5.02 Å². The second-order valence-corrected chi connectivity index (χ2v) is 7.88. The summed E-state index contributed by atoms with van der Waals surface area (Å²) in [5.41, 5.74) is -1.22. The van der Waals surface area contributed by atoms with Crippen LogP contribution in [-0.2, 0) is 16.2 Å². The molecule has 0 aromatic heterocycles. The molecule has 2 aromatic rings. The van der Waals surface area contributed by atoms with Crippen LogP contribution in [0.25, 0.3) is 0 Å². The Bertz CT molecular complexity index is 823. The first-order valence-corrected chi connectivity index (χ1v) is 8.76. The van der Waals surface area contributed by atoms with E-state index in [0.717, 1.165) is 23.5 Å². The molecule has 9 heteroatoms. The zero-order valence-corrected chi connectivity index (χ0v) is 14.8. The molecule has 23 heavy (non-hydrogen) atoms. The van der Waals surface area contributed by atoms with Gasteiger partial charge in [0, 0.05) is 11.5 Å². The molecule has 0 spiro atoms. The molecule has 0 N–H and O–H groups in total. The number of hydrogen-bond donors (Lipinski definition) is 0. The number of halogens is 5. The lowest BCUT2D eigenvalue weighted by atomic mass is 10.2. The summed E-state index contributed by atoms with van der Waals surface area (Å²) >= 11 is 9.06. The lowest BCUT2D eigenvalue weighted by Gasteiger charge is -2.22. The maximum absolute atomic E-state index is 12.8. The van der Waals surface area contributed by atoms with Crippen LogP contribution in [-0.4, -0.2) is 15.5 Å². The summed E-state index contributed by atoms with van der Waals surface area (Å²) in [4.78, 5) is -0.0586. The molecule has 0 saturated carbocycles. The lowest BCUT2D eigenvalue weighted by molar-refractivity contribution is -0.137. The summed E-state index contributed by atoms with van der Waals surface area (Å²) in [6, 6.07) is 8.26. The highest BCUT2D eigenvalue weighted by Gasteiger charge is 2.32. The molecule has 0 saturated heterocycles. The Morgan fingerprint density at radius 1 is 1.09 bits per heavy atom. The standard InChI is InChI=1S/C14H10BrClF3NO2S/c1-20(23(21,22)11-5-3-10(15)4-6-11)13-8-9(14(17,18)19)2-7-12(13)16/h2-8H,1H3. The van der Waals surface area contributed by atoms with E-state index in [9.17, 15) is 21.6 Å². The van der Waals surface area contributed by atoms with Crippen molar-refractivity contribution in [3.8, 4) is 0 Å². The monoisotopic (exact) mass is 427 g/mol. The summed E-state index contributed by atoms with van der Waals surface area (Å²) in [6.07, 6.45) is -4.60. The van der Waals surface area contributed by atoms with Crippen LogP contribution >= 0.6 is 27.5 Å². The number of alkyl halides is 3. The molecule has 0 aliphatic heterocycles. The Balaban J connectivity index is 2.51. The van der Waals surface area contributed by atoms with Crippen molar-refractivity contribution in [3.63, 3.8) is 0 Å². The average Bonchev–Trinajstić information content (AvgIpc) is 2.46. The molecule has 0 atom stereocenters. The minimum absolute atomic E-state index is 0.0586. The Morgan fingerprint density at radius 3 is 2.17 bits per heavy atom. The fraction of sp³-hybridized carbons (Fsp3) is 0.143. The van der Waals surface area contributed by atoms with Gasteiger partial charge in [-0.15, -0.1) is 0 Å². The zero-order valence-electron chi connectivity index (χ0n) is 11.6. The molecule has 2 aromatic carbocycles. The van der Waals surface area contributed by atoms with Gasteiger partial charge in [0.15, 0.2) is 0 Å². The topological polar surface area (TPSA) is 37.4 Å². The van der Waals surface area contributed by atoms with Gasteiger partial charge >= 0.3 is 6.18 Å². The molecule has 3 nitrogen and oxygen atoms in total. The maximum atomic E-state index is 12.8. The van der Waals surface area contributed by atoms with Crippen LogP contribution in [0.1, 0.15) is 5.56 Å². The van der Waals surface area contributed by atoms with Crippen LogP contribution in [0.3, 0.4) is 0 Å². The van der Waals surface area contributed by atoms with Crippen molar-refractivity contribution < 1.29 is 21.6 Å². The van der Waals surface area contributed by atoms with Gasteiger partial charge in [0.2, 0.25) is 0 Å². The van der Waals surface area contributed by atoms with E-state index in [4.69, 9.17) is 11.6 Å². The quantitative estimate of drug-likeness (QED) is 0.694. The normalized spacial score (nSPS) is 12.3. The second kappa shape index (κ2) is 6.33. The third kappa shape index (κ3) is 3.81. The summed E-state index contributed by atoms with van der Waals surface area (Å²) in [5.74, 6) is 0. The molecule has 2 rings (SSSR count). The van der Waals surface area contributed by atoms with E-state index in [-0.39, 0.29) is 15.6 Å². The molecular weight excluding hydrogens is 419 g/mol. The van der Waals surface area contributed by atoms with Gasteiger partial charge in [0.05, 0.1) is 21.2 Å². The number of hydrogen-bond acceptors (Lipinski definition) is 2. The van der Waals surface area contributed by atoms with Crippen LogP contribution in [0.4, 0.5) is 18.9 Å². The number of sulfonamides is 1.